The van der Waals surface area contributed by atoms with Crippen molar-refractivity contribution in [2.45, 2.75) is 19.3 Å². The van der Waals surface area contributed by atoms with Crippen molar-refractivity contribution in [2.24, 2.45) is 5.41 Å². The molecule has 168 valence electrons. The summed E-state index contributed by atoms with van der Waals surface area (Å²) in [4.78, 5) is 26.4. The van der Waals surface area contributed by atoms with Crippen LogP contribution in [-0.4, -0.2) is 43.4 Å². The fraction of sp³-hybridized carbons (Fsp3) is 0.231. The average Bonchev–Trinajstić information content (AvgIpc) is 3.58. The Hall–Kier alpha value is -4.20. The van der Waals surface area contributed by atoms with Crippen LogP contribution >= 0.6 is 0 Å². The molecular weight excluding hydrogens is 426 g/mol. The second kappa shape index (κ2) is 7.15. The van der Waals surface area contributed by atoms with Crippen molar-refractivity contribution in [3.05, 3.63) is 67.3 Å². The fourth-order valence-corrected chi connectivity index (χ4v) is 5.38. The van der Waals surface area contributed by atoms with Crippen molar-refractivity contribution < 1.29 is 4.79 Å². The number of H-pyrrole nitrogens is 1. The van der Waals surface area contributed by atoms with Gasteiger partial charge in [-0.3, -0.25) is 4.79 Å². The van der Waals surface area contributed by atoms with Crippen molar-refractivity contribution in [2.75, 3.05) is 23.3 Å². The number of rotatable bonds is 4. The van der Waals surface area contributed by atoms with Gasteiger partial charge in [0.05, 0.1) is 11.9 Å². The van der Waals surface area contributed by atoms with E-state index in [2.05, 4.69) is 73.8 Å². The van der Waals surface area contributed by atoms with Crippen LogP contribution in [0.5, 0.6) is 0 Å². The number of nitrogens with one attached hydrogen (secondary N) is 2. The molecule has 1 aliphatic heterocycles. The standard InChI is InChI=1S/C26H23N7O/c34-21-12-26(13-21)8-10-32(15-26)20-5-3-19(4-6-20)30-24-25-28-16-29-33(25)14-23(31-24)18-2-1-17-7-9-27-22(17)11-18/h1-7,9,11,14,16,27H,8,10,12-13,15H2,(H,30,31). The number of nitrogens with zero attached hydrogens (tertiary/aromatic N) is 5. The van der Waals surface area contributed by atoms with E-state index in [1.54, 1.807) is 4.52 Å². The molecule has 1 saturated carbocycles. The minimum atomic E-state index is 0.223. The Labute approximate surface area is 195 Å². The van der Waals surface area contributed by atoms with Crippen LogP contribution in [0.1, 0.15) is 19.3 Å². The second-order valence-electron chi connectivity index (χ2n) is 9.52. The van der Waals surface area contributed by atoms with Gasteiger partial charge < -0.3 is 15.2 Å². The first-order valence-electron chi connectivity index (χ1n) is 11.6. The normalized spacial score (nSPS) is 17.1. The number of hydrogen-bond donors (Lipinski definition) is 2. The van der Waals surface area contributed by atoms with Crippen LogP contribution in [0.2, 0.25) is 0 Å². The molecule has 0 amide bonds. The van der Waals surface area contributed by atoms with Crippen LogP contribution in [0.3, 0.4) is 0 Å². The van der Waals surface area contributed by atoms with Crippen LogP contribution < -0.4 is 10.2 Å². The van der Waals surface area contributed by atoms with E-state index in [0.29, 0.717) is 17.2 Å². The number of anilines is 3. The minimum absolute atomic E-state index is 0.223. The van der Waals surface area contributed by atoms with Gasteiger partial charge in [0.25, 0.3) is 0 Å². The molecule has 0 radical (unpaired) electrons. The van der Waals surface area contributed by atoms with Crippen LogP contribution in [0.4, 0.5) is 17.2 Å². The summed E-state index contributed by atoms with van der Waals surface area (Å²) in [6.45, 7) is 1.98. The van der Waals surface area contributed by atoms with Gasteiger partial charge in [-0.25, -0.2) is 14.5 Å². The van der Waals surface area contributed by atoms with Gasteiger partial charge in [0.15, 0.2) is 11.5 Å². The number of aromatic amines is 1. The first kappa shape index (κ1) is 19.3. The van der Waals surface area contributed by atoms with Crippen molar-refractivity contribution in [3.63, 3.8) is 0 Å². The van der Waals surface area contributed by atoms with Crippen molar-refractivity contribution in [1.82, 2.24) is 24.6 Å². The SMILES string of the molecule is O=C1CC2(CCN(c3ccc(Nc4nc(-c5ccc6cc[nH]c6c5)cn5ncnc45)cc3)C2)C1. The molecule has 2 fully saturated rings. The second-order valence-corrected chi connectivity index (χ2v) is 9.52. The van der Waals surface area contributed by atoms with Crippen LogP contribution in [0.15, 0.2) is 67.3 Å². The van der Waals surface area contributed by atoms with Gasteiger partial charge in [-0.2, -0.15) is 5.10 Å². The first-order valence-corrected chi connectivity index (χ1v) is 11.6. The topological polar surface area (TPSA) is 91.2 Å². The number of carbonyl (C=O) groups is 1. The molecule has 1 aliphatic carbocycles. The molecule has 1 spiro atoms. The van der Waals surface area contributed by atoms with E-state index >= 15 is 0 Å². The van der Waals surface area contributed by atoms with E-state index in [1.165, 1.54) is 12.0 Å². The lowest BCUT2D eigenvalue weighted by Gasteiger charge is -2.36. The molecule has 5 aromatic rings. The van der Waals surface area contributed by atoms with E-state index < -0.39 is 0 Å². The lowest BCUT2D eigenvalue weighted by molar-refractivity contribution is -0.131. The molecule has 7 rings (SSSR count). The number of benzene rings is 2. The zero-order valence-corrected chi connectivity index (χ0v) is 18.5. The molecule has 0 unspecified atom stereocenters. The summed E-state index contributed by atoms with van der Waals surface area (Å²) in [5.41, 5.74) is 5.90. The maximum atomic E-state index is 11.5. The van der Waals surface area contributed by atoms with E-state index in [-0.39, 0.29) is 5.41 Å². The van der Waals surface area contributed by atoms with E-state index in [9.17, 15) is 4.79 Å². The molecule has 8 nitrogen and oxygen atoms in total. The van der Waals surface area contributed by atoms with Crippen LogP contribution in [0.25, 0.3) is 27.8 Å². The van der Waals surface area contributed by atoms with Gasteiger partial charge in [-0.1, -0.05) is 12.1 Å². The van der Waals surface area contributed by atoms with Gasteiger partial charge in [0.2, 0.25) is 0 Å². The van der Waals surface area contributed by atoms with Crippen LogP contribution in [0, 0.1) is 5.41 Å². The summed E-state index contributed by atoms with van der Waals surface area (Å²) in [5.74, 6) is 1.06. The summed E-state index contributed by atoms with van der Waals surface area (Å²) in [7, 11) is 0. The third-order valence-corrected chi connectivity index (χ3v) is 7.19. The lowest BCUT2D eigenvalue weighted by atomic mass is 9.67. The van der Waals surface area contributed by atoms with E-state index in [0.717, 1.165) is 60.2 Å². The Morgan fingerprint density at radius 1 is 1.06 bits per heavy atom. The third kappa shape index (κ3) is 3.14. The molecular formula is C26H23N7O. The molecule has 2 aliphatic rings. The predicted octanol–water partition coefficient (Wildman–Crippen LogP) is 4.58. The number of aromatic nitrogens is 5. The number of fused-ring (bicyclic) bond motifs is 2. The summed E-state index contributed by atoms with van der Waals surface area (Å²) in [5, 5.41) is 8.94. The zero-order chi connectivity index (χ0) is 22.7. The lowest BCUT2D eigenvalue weighted by Crippen LogP contribution is -2.39. The van der Waals surface area contributed by atoms with Crippen LogP contribution in [-0.2, 0) is 4.79 Å². The largest absolute Gasteiger partial charge is 0.371 e. The van der Waals surface area contributed by atoms with Crippen molar-refractivity contribution >= 4 is 39.5 Å². The predicted molar refractivity (Wildman–Crippen MR) is 131 cm³/mol. The molecule has 1 saturated heterocycles. The average molecular weight is 450 g/mol. The Morgan fingerprint density at radius 2 is 1.94 bits per heavy atom. The van der Waals surface area contributed by atoms with Gasteiger partial charge in [0.1, 0.15) is 12.1 Å². The molecule has 0 bridgehead atoms. The van der Waals surface area contributed by atoms with Gasteiger partial charge >= 0.3 is 0 Å². The monoisotopic (exact) mass is 449 g/mol. The quantitative estimate of drug-likeness (QED) is 0.418. The van der Waals surface area contributed by atoms with Gasteiger partial charge in [-0.05, 0) is 48.2 Å². The third-order valence-electron chi connectivity index (χ3n) is 7.19. The summed E-state index contributed by atoms with van der Waals surface area (Å²) in [6.07, 6.45) is 7.97. The number of hydrogen-bond acceptors (Lipinski definition) is 6. The highest BCUT2D eigenvalue weighted by Crippen LogP contribution is 2.46. The smallest absolute Gasteiger partial charge is 0.198 e. The highest BCUT2D eigenvalue weighted by Gasteiger charge is 2.47. The fourth-order valence-electron chi connectivity index (χ4n) is 5.38. The Balaban J connectivity index is 1.17. The molecule has 0 atom stereocenters. The molecule has 34 heavy (non-hydrogen) atoms. The molecule has 2 N–H and O–H groups in total. The summed E-state index contributed by atoms with van der Waals surface area (Å²) in [6, 6.07) is 16.7. The number of ketones is 1. The van der Waals surface area contributed by atoms with E-state index in [4.69, 9.17) is 4.98 Å². The molecule has 8 heteroatoms. The highest BCUT2D eigenvalue weighted by atomic mass is 16.1. The molecule has 2 aromatic carbocycles. The Morgan fingerprint density at radius 3 is 2.79 bits per heavy atom. The minimum Gasteiger partial charge on any atom is -0.371 e. The zero-order valence-electron chi connectivity index (χ0n) is 18.5. The number of Topliss-reactive ketones (excluding diaryl/α,β-unsaturated/α-hetero) is 1. The first-order chi connectivity index (χ1) is 16.6. The number of carbonyl (C=O) groups excluding carboxylic acids is 1. The van der Waals surface area contributed by atoms with Gasteiger partial charge in [0, 0.05) is 60.0 Å². The Kier molecular flexibility index (Phi) is 4.05. The molecule has 4 heterocycles. The molecule has 3 aromatic heterocycles. The van der Waals surface area contributed by atoms with Crippen molar-refractivity contribution in [3.8, 4) is 11.3 Å². The van der Waals surface area contributed by atoms with Crippen molar-refractivity contribution in [1.29, 1.82) is 0 Å². The Bertz CT molecular complexity index is 1540. The van der Waals surface area contributed by atoms with E-state index in [1.807, 2.05) is 12.4 Å². The maximum Gasteiger partial charge on any atom is 0.198 e. The highest BCUT2D eigenvalue weighted by molar-refractivity contribution is 5.87. The maximum absolute atomic E-state index is 11.5. The summed E-state index contributed by atoms with van der Waals surface area (Å²) < 4.78 is 1.75. The summed E-state index contributed by atoms with van der Waals surface area (Å²) >= 11 is 0. The van der Waals surface area contributed by atoms with Gasteiger partial charge in [-0.15, -0.1) is 0 Å².